The highest BCUT2D eigenvalue weighted by Gasteiger charge is 2.02. The molecule has 2 rings (SSSR count). The maximum absolute atomic E-state index is 9.72. The highest BCUT2D eigenvalue weighted by Crippen LogP contribution is 2.26. The molecule has 0 aliphatic heterocycles. The SMILES string of the molecule is CCc1ccc(NC(N)=NCc2ccc(OC)c(O)c2)cc1. The summed E-state index contributed by atoms with van der Waals surface area (Å²) >= 11 is 0. The number of hydrogen-bond acceptors (Lipinski definition) is 3. The molecule has 0 spiro atoms. The van der Waals surface area contributed by atoms with Crippen molar-refractivity contribution in [3.63, 3.8) is 0 Å². The smallest absolute Gasteiger partial charge is 0.193 e. The lowest BCUT2D eigenvalue weighted by Gasteiger charge is -2.07. The molecule has 2 aromatic carbocycles. The zero-order valence-electron chi connectivity index (χ0n) is 12.8. The van der Waals surface area contributed by atoms with E-state index in [-0.39, 0.29) is 5.75 Å². The third-order valence-corrected chi connectivity index (χ3v) is 3.31. The number of aliphatic imine (C=N–C) groups is 1. The molecule has 0 aliphatic carbocycles. The van der Waals surface area contributed by atoms with Crippen LogP contribution in [0.25, 0.3) is 0 Å². The molecule has 4 N–H and O–H groups in total. The lowest BCUT2D eigenvalue weighted by molar-refractivity contribution is 0.373. The number of phenolic OH excluding ortho intramolecular Hbond substituents is 1. The summed E-state index contributed by atoms with van der Waals surface area (Å²) in [6.07, 6.45) is 1.00. The van der Waals surface area contributed by atoms with Crippen LogP contribution in [0.15, 0.2) is 47.5 Å². The highest BCUT2D eigenvalue weighted by molar-refractivity contribution is 5.92. The summed E-state index contributed by atoms with van der Waals surface area (Å²) in [5, 5.41) is 12.8. The molecule has 0 aromatic heterocycles. The van der Waals surface area contributed by atoms with Crippen LogP contribution in [-0.4, -0.2) is 18.2 Å². The third-order valence-electron chi connectivity index (χ3n) is 3.31. The second-order valence-corrected chi connectivity index (χ2v) is 4.88. The monoisotopic (exact) mass is 299 g/mol. The molecule has 0 amide bonds. The molecule has 0 aliphatic rings. The van der Waals surface area contributed by atoms with Crippen LogP contribution in [0.5, 0.6) is 11.5 Å². The fraction of sp³-hybridized carbons (Fsp3) is 0.235. The molecule has 0 bridgehead atoms. The topological polar surface area (TPSA) is 79.9 Å². The Morgan fingerprint density at radius 3 is 2.45 bits per heavy atom. The number of phenols is 1. The van der Waals surface area contributed by atoms with Crippen LogP contribution < -0.4 is 15.8 Å². The molecule has 0 saturated heterocycles. The van der Waals surface area contributed by atoms with Gasteiger partial charge in [0.05, 0.1) is 13.7 Å². The van der Waals surface area contributed by atoms with Crippen LogP contribution in [0.3, 0.4) is 0 Å². The number of hydrogen-bond donors (Lipinski definition) is 3. The Kier molecular flexibility index (Phi) is 5.25. The number of nitrogens with zero attached hydrogens (tertiary/aromatic N) is 1. The van der Waals surface area contributed by atoms with Gasteiger partial charge in [0.25, 0.3) is 0 Å². The molecule has 5 nitrogen and oxygen atoms in total. The standard InChI is InChI=1S/C17H21N3O2/c1-3-12-4-7-14(8-5-12)20-17(18)19-11-13-6-9-16(22-2)15(21)10-13/h4-10,21H,3,11H2,1-2H3,(H3,18,19,20). The van der Waals surface area contributed by atoms with Crippen molar-refractivity contribution < 1.29 is 9.84 Å². The van der Waals surface area contributed by atoms with Crippen molar-refractivity contribution in [3.8, 4) is 11.5 Å². The Bertz CT molecular complexity index is 651. The lowest BCUT2D eigenvalue weighted by atomic mass is 10.1. The van der Waals surface area contributed by atoms with Gasteiger partial charge < -0.3 is 20.9 Å². The van der Waals surface area contributed by atoms with Gasteiger partial charge >= 0.3 is 0 Å². The second kappa shape index (κ2) is 7.36. The molecular weight excluding hydrogens is 278 g/mol. The van der Waals surface area contributed by atoms with Crippen molar-refractivity contribution in [1.29, 1.82) is 0 Å². The Morgan fingerprint density at radius 2 is 1.86 bits per heavy atom. The van der Waals surface area contributed by atoms with Crippen molar-refractivity contribution in [3.05, 3.63) is 53.6 Å². The van der Waals surface area contributed by atoms with E-state index >= 15 is 0 Å². The minimum absolute atomic E-state index is 0.0943. The third kappa shape index (κ3) is 4.15. The number of guanidine groups is 1. The van der Waals surface area contributed by atoms with Crippen molar-refractivity contribution in [1.82, 2.24) is 0 Å². The van der Waals surface area contributed by atoms with E-state index in [0.29, 0.717) is 18.3 Å². The normalized spacial score (nSPS) is 11.3. The molecule has 0 heterocycles. The predicted molar refractivity (Wildman–Crippen MR) is 89.4 cm³/mol. The quantitative estimate of drug-likeness (QED) is 0.586. The first-order valence-corrected chi connectivity index (χ1v) is 7.14. The summed E-state index contributed by atoms with van der Waals surface area (Å²) in [6.45, 7) is 2.49. The van der Waals surface area contributed by atoms with Crippen LogP contribution in [0.4, 0.5) is 5.69 Å². The van der Waals surface area contributed by atoms with E-state index in [2.05, 4.69) is 29.4 Å². The number of nitrogens with two attached hydrogens (primary N) is 1. The molecule has 5 heteroatoms. The Hall–Kier alpha value is -2.69. The summed E-state index contributed by atoms with van der Waals surface area (Å²) in [7, 11) is 1.51. The van der Waals surface area contributed by atoms with E-state index in [4.69, 9.17) is 10.5 Å². The number of rotatable bonds is 5. The molecule has 0 saturated carbocycles. The minimum atomic E-state index is 0.0943. The van der Waals surface area contributed by atoms with Gasteiger partial charge in [-0.1, -0.05) is 25.1 Å². The van der Waals surface area contributed by atoms with E-state index in [0.717, 1.165) is 17.7 Å². The van der Waals surface area contributed by atoms with E-state index in [1.165, 1.54) is 12.7 Å². The van der Waals surface area contributed by atoms with Crippen molar-refractivity contribution in [2.24, 2.45) is 10.7 Å². The number of ether oxygens (including phenoxy) is 1. The van der Waals surface area contributed by atoms with Crippen molar-refractivity contribution in [2.45, 2.75) is 19.9 Å². The van der Waals surface area contributed by atoms with Gasteiger partial charge in [0.1, 0.15) is 0 Å². The Labute approximate surface area is 130 Å². The zero-order valence-corrected chi connectivity index (χ0v) is 12.8. The van der Waals surface area contributed by atoms with Crippen LogP contribution >= 0.6 is 0 Å². The summed E-state index contributed by atoms with van der Waals surface area (Å²) in [6, 6.07) is 13.2. The molecule has 0 unspecified atom stereocenters. The molecular formula is C17H21N3O2. The van der Waals surface area contributed by atoms with Crippen LogP contribution in [-0.2, 0) is 13.0 Å². The maximum atomic E-state index is 9.72. The summed E-state index contributed by atoms with van der Waals surface area (Å²) in [5.74, 6) is 0.867. The average Bonchev–Trinajstić information content (AvgIpc) is 2.54. The van der Waals surface area contributed by atoms with Gasteiger partial charge in [-0.2, -0.15) is 0 Å². The van der Waals surface area contributed by atoms with Crippen LogP contribution in [0.2, 0.25) is 0 Å². The summed E-state index contributed by atoms with van der Waals surface area (Å²) in [4.78, 5) is 4.26. The van der Waals surface area contributed by atoms with Gasteiger partial charge in [-0.3, -0.25) is 0 Å². The predicted octanol–water partition coefficient (Wildman–Crippen LogP) is 2.89. The van der Waals surface area contributed by atoms with E-state index in [1.807, 2.05) is 18.2 Å². The zero-order chi connectivity index (χ0) is 15.9. The van der Waals surface area contributed by atoms with Gasteiger partial charge in [-0.05, 0) is 41.8 Å². The van der Waals surface area contributed by atoms with E-state index < -0.39 is 0 Å². The lowest BCUT2D eigenvalue weighted by Crippen LogP contribution is -2.22. The van der Waals surface area contributed by atoms with Crippen molar-refractivity contribution >= 4 is 11.6 Å². The molecule has 116 valence electrons. The number of anilines is 1. The number of aromatic hydroxyl groups is 1. The molecule has 2 aromatic rings. The van der Waals surface area contributed by atoms with E-state index in [9.17, 15) is 5.11 Å². The number of nitrogens with one attached hydrogen (secondary N) is 1. The highest BCUT2D eigenvalue weighted by atomic mass is 16.5. The number of aryl methyl sites for hydroxylation is 1. The summed E-state index contributed by atoms with van der Waals surface area (Å²) in [5.41, 5.74) is 8.89. The Morgan fingerprint density at radius 1 is 1.18 bits per heavy atom. The second-order valence-electron chi connectivity index (χ2n) is 4.88. The first-order chi connectivity index (χ1) is 10.6. The average molecular weight is 299 g/mol. The van der Waals surface area contributed by atoms with Crippen LogP contribution in [0, 0.1) is 0 Å². The molecule has 0 radical (unpaired) electrons. The van der Waals surface area contributed by atoms with Gasteiger partial charge in [-0.25, -0.2) is 4.99 Å². The summed E-state index contributed by atoms with van der Waals surface area (Å²) < 4.78 is 5.00. The van der Waals surface area contributed by atoms with Gasteiger partial charge in [0.2, 0.25) is 0 Å². The van der Waals surface area contributed by atoms with E-state index in [1.54, 1.807) is 12.1 Å². The fourth-order valence-electron chi connectivity index (χ4n) is 2.02. The van der Waals surface area contributed by atoms with Gasteiger partial charge in [-0.15, -0.1) is 0 Å². The maximum Gasteiger partial charge on any atom is 0.193 e. The minimum Gasteiger partial charge on any atom is -0.504 e. The number of benzene rings is 2. The number of methoxy groups -OCH3 is 1. The first-order valence-electron chi connectivity index (χ1n) is 7.14. The first kappa shape index (κ1) is 15.7. The molecule has 0 atom stereocenters. The Balaban J connectivity index is 1.98. The van der Waals surface area contributed by atoms with Crippen molar-refractivity contribution in [2.75, 3.05) is 12.4 Å². The van der Waals surface area contributed by atoms with Gasteiger partial charge in [0, 0.05) is 5.69 Å². The van der Waals surface area contributed by atoms with Crippen LogP contribution in [0.1, 0.15) is 18.1 Å². The fourth-order valence-corrected chi connectivity index (χ4v) is 2.02. The molecule has 0 fully saturated rings. The largest absolute Gasteiger partial charge is 0.504 e. The van der Waals surface area contributed by atoms with Gasteiger partial charge in [0.15, 0.2) is 17.5 Å². The molecule has 22 heavy (non-hydrogen) atoms.